The van der Waals surface area contributed by atoms with Crippen molar-refractivity contribution in [1.29, 1.82) is 0 Å². The minimum absolute atomic E-state index is 0.00980. The number of rotatable bonds is 7. The van der Waals surface area contributed by atoms with E-state index in [4.69, 9.17) is 0 Å². The van der Waals surface area contributed by atoms with E-state index in [9.17, 15) is 9.59 Å². The number of amides is 2. The molecule has 7 nitrogen and oxygen atoms in total. The first-order valence-electron chi connectivity index (χ1n) is 9.26. The van der Waals surface area contributed by atoms with Crippen LogP contribution in [0, 0.1) is 6.92 Å². The highest BCUT2D eigenvalue weighted by Crippen LogP contribution is 2.26. The number of benzene rings is 1. The Morgan fingerprint density at radius 3 is 2.63 bits per heavy atom. The van der Waals surface area contributed by atoms with Crippen molar-refractivity contribution in [3.8, 4) is 11.4 Å². The summed E-state index contributed by atoms with van der Waals surface area (Å²) in [6, 6.07) is 8.04. The molecule has 27 heavy (non-hydrogen) atoms. The molecule has 2 aromatic rings. The van der Waals surface area contributed by atoms with Gasteiger partial charge in [0.2, 0.25) is 11.8 Å². The number of thioether (sulfide) groups is 1. The molecule has 2 heterocycles. The second-order valence-corrected chi connectivity index (χ2v) is 7.46. The molecule has 1 aliphatic rings. The molecule has 3 rings (SSSR count). The maximum atomic E-state index is 12.1. The smallest absolute Gasteiger partial charge is 0.241 e. The van der Waals surface area contributed by atoms with Gasteiger partial charge < -0.3 is 14.8 Å². The topological polar surface area (TPSA) is 80.1 Å². The molecular formula is C19H25N5O2S. The molecule has 144 valence electrons. The lowest BCUT2D eigenvalue weighted by Crippen LogP contribution is -2.39. The Labute approximate surface area is 163 Å². The van der Waals surface area contributed by atoms with Gasteiger partial charge >= 0.3 is 0 Å². The summed E-state index contributed by atoms with van der Waals surface area (Å²) in [4.78, 5) is 25.9. The maximum absolute atomic E-state index is 12.1. The van der Waals surface area contributed by atoms with Crippen molar-refractivity contribution in [3.05, 3.63) is 29.8 Å². The van der Waals surface area contributed by atoms with Gasteiger partial charge in [0.1, 0.15) is 0 Å². The lowest BCUT2D eigenvalue weighted by atomic mass is 10.1. The van der Waals surface area contributed by atoms with Gasteiger partial charge in [-0.25, -0.2) is 0 Å². The Balaban J connectivity index is 1.57. The SMILES string of the molecule is CCn1c(SCC(=O)NCC(=O)N2CCCC2)nnc1-c1ccccc1C. The number of carbonyl (C=O) groups excluding carboxylic acids is 2. The summed E-state index contributed by atoms with van der Waals surface area (Å²) in [5, 5.41) is 12.0. The first kappa shape index (κ1) is 19.4. The van der Waals surface area contributed by atoms with Crippen LogP contribution < -0.4 is 5.32 Å². The van der Waals surface area contributed by atoms with Gasteiger partial charge in [-0.15, -0.1) is 10.2 Å². The molecule has 8 heteroatoms. The molecule has 0 atom stereocenters. The quantitative estimate of drug-likeness (QED) is 0.736. The Kier molecular flexibility index (Phi) is 6.49. The number of aryl methyl sites for hydroxylation is 1. The minimum Gasteiger partial charge on any atom is -0.346 e. The summed E-state index contributed by atoms with van der Waals surface area (Å²) in [6.07, 6.45) is 2.09. The zero-order valence-corrected chi connectivity index (χ0v) is 16.6. The Morgan fingerprint density at radius 1 is 1.19 bits per heavy atom. The Bertz CT molecular complexity index is 814. The van der Waals surface area contributed by atoms with Crippen LogP contribution in [0.5, 0.6) is 0 Å². The second-order valence-electron chi connectivity index (χ2n) is 6.52. The minimum atomic E-state index is -0.171. The third-order valence-electron chi connectivity index (χ3n) is 4.65. The largest absolute Gasteiger partial charge is 0.346 e. The highest BCUT2D eigenvalue weighted by Gasteiger charge is 2.19. The molecule has 0 spiro atoms. The molecule has 1 aromatic heterocycles. The average Bonchev–Trinajstić information content (AvgIpc) is 3.34. The van der Waals surface area contributed by atoms with Crippen LogP contribution in [0.15, 0.2) is 29.4 Å². The van der Waals surface area contributed by atoms with Gasteiger partial charge in [0.15, 0.2) is 11.0 Å². The third kappa shape index (κ3) is 4.68. The number of nitrogens with zero attached hydrogens (tertiary/aromatic N) is 4. The molecule has 1 aromatic carbocycles. The second kappa shape index (κ2) is 9.03. The summed E-state index contributed by atoms with van der Waals surface area (Å²) in [5.74, 6) is 0.835. The molecule has 1 N–H and O–H groups in total. The fourth-order valence-electron chi connectivity index (χ4n) is 3.14. The summed E-state index contributed by atoms with van der Waals surface area (Å²) in [6.45, 7) is 6.45. The molecule has 2 amide bonds. The predicted octanol–water partition coefficient (Wildman–Crippen LogP) is 2.10. The molecule has 0 saturated carbocycles. The number of carbonyl (C=O) groups is 2. The summed E-state index contributed by atoms with van der Waals surface area (Å²) >= 11 is 1.34. The highest BCUT2D eigenvalue weighted by molar-refractivity contribution is 7.99. The van der Waals surface area contributed by atoms with Gasteiger partial charge in [0.05, 0.1) is 12.3 Å². The lowest BCUT2D eigenvalue weighted by molar-refractivity contribution is -0.131. The van der Waals surface area contributed by atoms with Gasteiger partial charge in [-0.05, 0) is 32.3 Å². The van der Waals surface area contributed by atoms with E-state index in [1.165, 1.54) is 11.8 Å². The van der Waals surface area contributed by atoms with E-state index in [-0.39, 0.29) is 24.1 Å². The number of aromatic nitrogens is 3. The summed E-state index contributed by atoms with van der Waals surface area (Å²) in [7, 11) is 0. The number of nitrogens with one attached hydrogen (secondary N) is 1. The van der Waals surface area contributed by atoms with Crippen molar-refractivity contribution < 1.29 is 9.59 Å². The molecule has 0 radical (unpaired) electrons. The van der Waals surface area contributed by atoms with Crippen molar-refractivity contribution in [2.45, 2.75) is 38.4 Å². The van der Waals surface area contributed by atoms with E-state index in [0.717, 1.165) is 42.9 Å². The van der Waals surface area contributed by atoms with Gasteiger partial charge in [-0.3, -0.25) is 9.59 Å². The number of likely N-dealkylation sites (tertiary alicyclic amines) is 1. The summed E-state index contributed by atoms with van der Waals surface area (Å²) in [5.41, 5.74) is 2.17. The van der Waals surface area contributed by atoms with Gasteiger partial charge in [0.25, 0.3) is 0 Å². The van der Waals surface area contributed by atoms with Crippen LogP contribution in [-0.4, -0.2) is 56.9 Å². The van der Waals surface area contributed by atoms with Crippen molar-refractivity contribution in [1.82, 2.24) is 25.0 Å². The van der Waals surface area contributed by atoms with E-state index in [0.29, 0.717) is 11.7 Å². The molecule has 1 fully saturated rings. The van der Waals surface area contributed by atoms with E-state index >= 15 is 0 Å². The van der Waals surface area contributed by atoms with Crippen LogP contribution in [0.4, 0.5) is 0 Å². The summed E-state index contributed by atoms with van der Waals surface area (Å²) < 4.78 is 2.01. The standard InChI is InChI=1S/C19H25N5O2S/c1-3-24-18(15-9-5-4-8-14(15)2)21-22-19(24)27-13-16(25)20-12-17(26)23-10-6-7-11-23/h4-5,8-9H,3,6-7,10-13H2,1-2H3,(H,20,25). The molecule has 0 bridgehead atoms. The molecule has 1 aliphatic heterocycles. The average molecular weight is 388 g/mol. The zero-order valence-electron chi connectivity index (χ0n) is 15.8. The molecular weight excluding hydrogens is 362 g/mol. The third-order valence-corrected chi connectivity index (χ3v) is 5.61. The van der Waals surface area contributed by atoms with Crippen LogP contribution in [-0.2, 0) is 16.1 Å². The first-order valence-corrected chi connectivity index (χ1v) is 10.2. The van der Waals surface area contributed by atoms with Gasteiger partial charge in [-0.1, -0.05) is 36.0 Å². The first-order chi connectivity index (χ1) is 13.1. The van der Waals surface area contributed by atoms with Crippen LogP contribution >= 0.6 is 11.8 Å². The number of hydrogen-bond acceptors (Lipinski definition) is 5. The fourth-order valence-corrected chi connectivity index (χ4v) is 3.97. The van der Waals surface area contributed by atoms with Crippen molar-refractivity contribution in [3.63, 3.8) is 0 Å². The fraction of sp³-hybridized carbons (Fsp3) is 0.474. The Morgan fingerprint density at radius 2 is 1.93 bits per heavy atom. The normalized spacial score (nSPS) is 13.8. The Hall–Kier alpha value is -2.35. The number of hydrogen-bond donors (Lipinski definition) is 1. The maximum Gasteiger partial charge on any atom is 0.241 e. The van der Waals surface area contributed by atoms with Crippen LogP contribution in [0.2, 0.25) is 0 Å². The monoisotopic (exact) mass is 387 g/mol. The van der Waals surface area contributed by atoms with Crippen molar-refractivity contribution in [2.75, 3.05) is 25.4 Å². The molecule has 0 aliphatic carbocycles. The highest BCUT2D eigenvalue weighted by atomic mass is 32.2. The molecule has 0 unspecified atom stereocenters. The van der Waals surface area contributed by atoms with Crippen molar-refractivity contribution in [2.24, 2.45) is 0 Å². The van der Waals surface area contributed by atoms with Gasteiger partial charge in [-0.2, -0.15) is 0 Å². The van der Waals surface area contributed by atoms with Crippen LogP contribution in [0.1, 0.15) is 25.3 Å². The lowest BCUT2D eigenvalue weighted by Gasteiger charge is -2.15. The van der Waals surface area contributed by atoms with Crippen LogP contribution in [0.3, 0.4) is 0 Å². The van der Waals surface area contributed by atoms with Gasteiger partial charge in [0, 0.05) is 25.2 Å². The van der Waals surface area contributed by atoms with E-state index in [2.05, 4.69) is 15.5 Å². The van der Waals surface area contributed by atoms with Crippen LogP contribution in [0.25, 0.3) is 11.4 Å². The molecule has 1 saturated heterocycles. The van der Waals surface area contributed by atoms with Crippen molar-refractivity contribution >= 4 is 23.6 Å². The van der Waals surface area contributed by atoms with E-state index < -0.39 is 0 Å². The van der Waals surface area contributed by atoms with E-state index in [1.54, 1.807) is 4.90 Å². The zero-order chi connectivity index (χ0) is 19.2. The predicted molar refractivity (Wildman–Crippen MR) is 105 cm³/mol. The van der Waals surface area contributed by atoms with E-state index in [1.807, 2.05) is 42.7 Å².